The fourth-order valence-corrected chi connectivity index (χ4v) is 1.31. The standard InChI is InChI=1S/C9H14O/c1-2-5-8-6-3-4-7-9(8)10/h2-3,6,8-10H,1,4-5,7H2/t8-,9+/m1/s1. The molecule has 0 aromatic carbocycles. The van der Waals surface area contributed by atoms with Gasteiger partial charge in [-0.2, -0.15) is 0 Å². The van der Waals surface area contributed by atoms with Gasteiger partial charge in [-0.05, 0) is 19.3 Å². The maximum Gasteiger partial charge on any atom is 0.0608 e. The van der Waals surface area contributed by atoms with Crippen LogP contribution in [-0.4, -0.2) is 11.2 Å². The molecule has 1 rings (SSSR count). The highest BCUT2D eigenvalue weighted by atomic mass is 16.3. The highest BCUT2D eigenvalue weighted by molar-refractivity contribution is 4.99. The summed E-state index contributed by atoms with van der Waals surface area (Å²) in [6, 6.07) is 0. The van der Waals surface area contributed by atoms with Crippen LogP contribution in [0.15, 0.2) is 24.8 Å². The first-order valence-corrected chi connectivity index (χ1v) is 3.80. The lowest BCUT2D eigenvalue weighted by molar-refractivity contribution is 0.117. The SMILES string of the molecule is C=CC[C@@H]1C=CCC[C@@H]1O. The first-order chi connectivity index (χ1) is 4.84. The molecule has 0 unspecified atom stereocenters. The number of aliphatic hydroxyl groups is 1. The minimum atomic E-state index is -0.136. The van der Waals surface area contributed by atoms with Crippen molar-refractivity contribution in [2.24, 2.45) is 5.92 Å². The lowest BCUT2D eigenvalue weighted by Gasteiger charge is -2.21. The summed E-state index contributed by atoms with van der Waals surface area (Å²) in [6.07, 6.45) is 8.80. The Morgan fingerprint density at radius 1 is 1.70 bits per heavy atom. The van der Waals surface area contributed by atoms with E-state index in [1.54, 1.807) is 0 Å². The molecule has 56 valence electrons. The number of hydrogen-bond acceptors (Lipinski definition) is 1. The van der Waals surface area contributed by atoms with Gasteiger partial charge in [-0.25, -0.2) is 0 Å². The Morgan fingerprint density at radius 3 is 3.10 bits per heavy atom. The van der Waals surface area contributed by atoms with Gasteiger partial charge in [-0.15, -0.1) is 6.58 Å². The van der Waals surface area contributed by atoms with Gasteiger partial charge in [0.15, 0.2) is 0 Å². The van der Waals surface area contributed by atoms with Gasteiger partial charge in [-0.3, -0.25) is 0 Å². The van der Waals surface area contributed by atoms with Crippen LogP contribution in [-0.2, 0) is 0 Å². The quantitative estimate of drug-likeness (QED) is 0.578. The lowest BCUT2D eigenvalue weighted by Crippen LogP contribution is -2.20. The van der Waals surface area contributed by atoms with Gasteiger partial charge in [0.1, 0.15) is 0 Å². The predicted molar refractivity (Wildman–Crippen MR) is 42.7 cm³/mol. The molecule has 0 saturated heterocycles. The molecule has 1 nitrogen and oxygen atoms in total. The zero-order valence-corrected chi connectivity index (χ0v) is 6.16. The predicted octanol–water partition coefficient (Wildman–Crippen LogP) is 1.89. The van der Waals surface area contributed by atoms with Crippen LogP contribution < -0.4 is 0 Å². The van der Waals surface area contributed by atoms with Crippen molar-refractivity contribution < 1.29 is 5.11 Å². The van der Waals surface area contributed by atoms with Crippen LogP contribution in [0.25, 0.3) is 0 Å². The van der Waals surface area contributed by atoms with Gasteiger partial charge in [0.05, 0.1) is 6.10 Å². The van der Waals surface area contributed by atoms with Gasteiger partial charge in [0, 0.05) is 5.92 Å². The molecular weight excluding hydrogens is 124 g/mol. The Labute approximate surface area is 62.1 Å². The second-order valence-electron chi connectivity index (χ2n) is 2.76. The van der Waals surface area contributed by atoms with Gasteiger partial charge < -0.3 is 5.11 Å². The highest BCUT2D eigenvalue weighted by Gasteiger charge is 2.16. The van der Waals surface area contributed by atoms with Crippen molar-refractivity contribution in [1.29, 1.82) is 0 Å². The third-order valence-corrected chi connectivity index (χ3v) is 1.95. The molecule has 0 aliphatic heterocycles. The molecule has 1 N–H and O–H groups in total. The van der Waals surface area contributed by atoms with E-state index in [9.17, 15) is 5.11 Å². The molecule has 0 saturated carbocycles. The second-order valence-corrected chi connectivity index (χ2v) is 2.76. The van der Waals surface area contributed by atoms with E-state index in [4.69, 9.17) is 0 Å². The van der Waals surface area contributed by atoms with E-state index in [0.717, 1.165) is 19.3 Å². The van der Waals surface area contributed by atoms with Crippen LogP contribution in [0.3, 0.4) is 0 Å². The van der Waals surface area contributed by atoms with Crippen molar-refractivity contribution in [3.8, 4) is 0 Å². The molecule has 1 heteroatoms. The van der Waals surface area contributed by atoms with E-state index in [1.807, 2.05) is 6.08 Å². The lowest BCUT2D eigenvalue weighted by atomic mass is 9.90. The van der Waals surface area contributed by atoms with Crippen LogP contribution in [0.5, 0.6) is 0 Å². The van der Waals surface area contributed by atoms with Crippen molar-refractivity contribution in [3.05, 3.63) is 24.8 Å². The van der Waals surface area contributed by atoms with Gasteiger partial charge in [0.25, 0.3) is 0 Å². The summed E-state index contributed by atoms with van der Waals surface area (Å²) in [5.41, 5.74) is 0. The van der Waals surface area contributed by atoms with E-state index in [1.165, 1.54) is 0 Å². The average Bonchev–Trinajstić information content (AvgIpc) is 1.94. The molecule has 0 aromatic heterocycles. The fourth-order valence-electron chi connectivity index (χ4n) is 1.31. The van der Waals surface area contributed by atoms with E-state index in [0.29, 0.717) is 5.92 Å². The van der Waals surface area contributed by atoms with Gasteiger partial charge in [0.2, 0.25) is 0 Å². The molecule has 0 aromatic rings. The summed E-state index contributed by atoms with van der Waals surface area (Å²) >= 11 is 0. The van der Waals surface area contributed by atoms with E-state index >= 15 is 0 Å². The minimum Gasteiger partial charge on any atom is -0.392 e. The highest BCUT2D eigenvalue weighted by Crippen LogP contribution is 2.20. The molecule has 0 heterocycles. The summed E-state index contributed by atoms with van der Waals surface area (Å²) in [4.78, 5) is 0. The maximum atomic E-state index is 9.40. The molecule has 0 spiro atoms. The van der Waals surface area contributed by atoms with E-state index in [2.05, 4.69) is 18.7 Å². The summed E-state index contributed by atoms with van der Waals surface area (Å²) in [5, 5.41) is 9.40. The fraction of sp³-hybridized carbons (Fsp3) is 0.556. The van der Waals surface area contributed by atoms with Crippen LogP contribution in [0.2, 0.25) is 0 Å². The van der Waals surface area contributed by atoms with E-state index in [-0.39, 0.29) is 6.10 Å². The van der Waals surface area contributed by atoms with Crippen molar-refractivity contribution in [2.45, 2.75) is 25.4 Å². The smallest absolute Gasteiger partial charge is 0.0608 e. The largest absolute Gasteiger partial charge is 0.392 e. The van der Waals surface area contributed by atoms with Gasteiger partial charge >= 0.3 is 0 Å². The molecular formula is C9H14O. The zero-order valence-electron chi connectivity index (χ0n) is 6.16. The minimum absolute atomic E-state index is 0.136. The molecule has 1 aliphatic carbocycles. The Kier molecular flexibility index (Phi) is 2.69. The summed E-state index contributed by atoms with van der Waals surface area (Å²) in [5.74, 6) is 0.325. The molecule has 0 bridgehead atoms. The van der Waals surface area contributed by atoms with Crippen molar-refractivity contribution in [2.75, 3.05) is 0 Å². The Bertz CT molecular complexity index is 138. The zero-order chi connectivity index (χ0) is 7.40. The number of aliphatic hydroxyl groups excluding tert-OH is 1. The Morgan fingerprint density at radius 2 is 2.50 bits per heavy atom. The third-order valence-electron chi connectivity index (χ3n) is 1.95. The number of allylic oxidation sites excluding steroid dienone is 2. The molecule has 0 radical (unpaired) electrons. The maximum absolute atomic E-state index is 9.40. The van der Waals surface area contributed by atoms with Crippen molar-refractivity contribution >= 4 is 0 Å². The molecule has 1 aliphatic rings. The third kappa shape index (κ3) is 1.71. The van der Waals surface area contributed by atoms with Crippen molar-refractivity contribution in [3.63, 3.8) is 0 Å². The Hall–Kier alpha value is -0.560. The normalized spacial score (nSPS) is 32.1. The molecule has 2 atom stereocenters. The summed E-state index contributed by atoms with van der Waals surface area (Å²) in [6.45, 7) is 3.64. The second kappa shape index (κ2) is 3.57. The van der Waals surface area contributed by atoms with Crippen LogP contribution in [0.4, 0.5) is 0 Å². The average molecular weight is 138 g/mol. The van der Waals surface area contributed by atoms with E-state index < -0.39 is 0 Å². The molecule has 0 fully saturated rings. The first kappa shape index (κ1) is 7.55. The van der Waals surface area contributed by atoms with Crippen LogP contribution in [0.1, 0.15) is 19.3 Å². The van der Waals surface area contributed by atoms with Crippen molar-refractivity contribution in [1.82, 2.24) is 0 Å². The summed E-state index contributed by atoms with van der Waals surface area (Å²) < 4.78 is 0. The van der Waals surface area contributed by atoms with Gasteiger partial charge in [-0.1, -0.05) is 18.2 Å². The van der Waals surface area contributed by atoms with Crippen LogP contribution in [0, 0.1) is 5.92 Å². The first-order valence-electron chi connectivity index (χ1n) is 3.80. The van der Waals surface area contributed by atoms with Crippen LogP contribution >= 0.6 is 0 Å². The number of rotatable bonds is 2. The monoisotopic (exact) mass is 138 g/mol. The molecule has 10 heavy (non-hydrogen) atoms. The molecule has 0 amide bonds. The Balaban J connectivity index is 2.46. The summed E-state index contributed by atoms with van der Waals surface area (Å²) in [7, 11) is 0. The number of hydrogen-bond donors (Lipinski definition) is 1. The topological polar surface area (TPSA) is 20.2 Å².